The number of hydrogen-bond acceptors (Lipinski definition) is 3. The van der Waals surface area contributed by atoms with E-state index in [0.717, 1.165) is 11.9 Å². The monoisotopic (exact) mass is 207 g/mol. The Balaban J connectivity index is 2.12. The highest BCUT2D eigenvalue weighted by Gasteiger charge is 2.52. The highest BCUT2D eigenvalue weighted by Crippen LogP contribution is 2.38. The van der Waals surface area contributed by atoms with Gasteiger partial charge < -0.3 is 9.31 Å². The number of dihydropyridines is 1. The van der Waals surface area contributed by atoms with Crippen molar-refractivity contribution < 1.29 is 9.31 Å². The van der Waals surface area contributed by atoms with Crippen molar-refractivity contribution in [2.24, 2.45) is 4.99 Å². The molecule has 0 aromatic rings. The molecule has 0 atom stereocenters. The maximum absolute atomic E-state index is 5.94. The van der Waals surface area contributed by atoms with Crippen LogP contribution in [0.5, 0.6) is 0 Å². The van der Waals surface area contributed by atoms with Crippen molar-refractivity contribution in [2.75, 3.05) is 6.54 Å². The lowest BCUT2D eigenvalue weighted by molar-refractivity contribution is 0.00578. The van der Waals surface area contributed by atoms with E-state index < -0.39 is 0 Å². The third kappa shape index (κ3) is 1.88. The summed E-state index contributed by atoms with van der Waals surface area (Å²) >= 11 is 0. The maximum Gasteiger partial charge on any atom is 0.492 e. The van der Waals surface area contributed by atoms with Crippen LogP contribution in [0.15, 0.2) is 16.5 Å². The lowest BCUT2D eigenvalue weighted by Gasteiger charge is -2.32. The first kappa shape index (κ1) is 10.9. The van der Waals surface area contributed by atoms with Gasteiger partial charge in [0.1, 0.15) is 0 Å². The van der Waals surface area contributed by atoms with Crippen LogP contribution >= 0.6 is 0 Å². The number of allylic oxidation sites excluding steroid dienone is 1. The second kappa shape index (κ2) is 3.46. The summed E-state index contributed by atoms with van der Waals surface area (Å²) in [6.07, 6.45) is 4.96. The minimum atomic E-state index is -0.250. The highest BCUT2D eigenvalue weighted by molar-refractivity contribution is 6.54. The zero-order chi connectivity index (χ0) is 11.1. The summed E-state index contributed by atoms with van der Waals surface area (Å²) in [4.78, 5) is 4.25. The molecule has 2 aliphatic rings. The third-order valence-electron chi connectivity index (χ3n) is 3.44. The second-order valence-corrected chi connectivity index (χ2v) is 5.13. The Bertz CT molecular complexity index is 305. The van der Waals surface area contributed by atoms with Crippen molar-refractivity contribution >= 4 is 13.3 Å². The van der Waals surface area contributed by atoms with Gasteiger partial charge in [-0.3, -0.25) is 4.99 Å². The van der Waals surface area contributed by atoms with Crippen LogP contribution in [-0.4, -0.2) is 31.1 Å². The second-order valence-electron chi connectivity index (χ2n) is 5.13. The summed E-state index contributed by atoms with van der Waals surface area (Å²) in [5.74, 6) is 0. The summed E-state index contributed by atoms with van der Waals surface area (Å²) < 4.78 is 11.9. The topological polar surface area (TPSA) is 30.8 Å². The van der Waals surface area contributed by atoms with E-state index >= 15 is 0 Å². The zero-order valence-corrected chi connectivity index (χ0v) is 9.91. The van der Waals surface area contributed by atoms with Gasteiger partial charge in [-0.2, -0.15) is 0 Å². The van der Waals surface area contributed by atoms with Crippen LogP contribution in [0.1, 0.15) is 34.1 Å². The first-order valence-electron chi connectivity index (χ1n) is 5.45. The standard InChI is InChI=1S/C11H18BNO2/c1-10(2)11(3,4)15-12(14-10)9-6-5-7-13-8-9/h6-7H,5,8H2,1-4H3. The average molecular weight is 207 g/mol. The molecule has 0 amide bonds. The molecule has 2 rings (SSSR count). The molecule has 3 nitrogen and oxygen atoms in total. The van der Waals surface area contributed by atoms with Gasteiger partial charge in [-0.1, -0.05) is 6.08 Å². The summed E-state index contributed by atoms with van der Waals surface area (Å²) in [6.45, 7) is 8.98. The molecular formula is C11H18BNO2. The zero-order valence-electron chi connectivity index (χ0n) is 9.91. The van der Waals surface area contributed by atoms with Gasteiger partial charge in [0.15, 0.2) is 0 Å². The van der Waals surface area contributed by atoms with E-state index in [1.807, 2.05) is 6.21 Å². The van der Waals surface area contributed by atoms with Gasteiger partial charge in [-0.15, -0.1) is 0 Å². The molecule has 2 aliphatic heterocycles. The van der Waals surface area contributed by atoms with Gasteiger partial charge in [-0.05, 0) is 33.2 Å². The molecule has 0 aromatic carbocycles. The maximum atomic E-state index is 5.94. The molecule has 4 heteroatoms. The molecule has 0 bridgehead atoms. The van der Waals surface area contributed by atoms with Crippen LogP contribution in [0, 0.1) is 0 Å². The van der Waals surface area contributed by atoms with E-state index in [9.17, 15) is 0 Å². The molecule has 0 aliphatic carbocycles. The minimum absolute atomic E-state index is 0.215. The first-order chi connectivity index (χ1) is 6.92. The molecule has 15 heavy (non-hydrogen) atoms. The Labute approximate surface area is 91.7 Å². The van der Waals surface area contributed by atoms with Crippen molar-refractivity contribution in [3.05, 3.63) is 11.5 Å². The van der Waals surface area contributed by atoms with Crippen molar-refractivity contribution in [2.45, 2.75) is 45.3 Å². The fourth-order valence-corrected chi connectivity index (χ4v) is 1.68. The SMILES string of the molecule is CC1(C)OB(C2=CCC=NC2)OC1(C)C. The van der Waals surface area contributed by atoms with E-state index in [-0.39, 0.29) is 18.3 Å². The Morgan fingerprint density at radius 1 is 1.20 bits per heavy atom. The van der Waals surface area contributed by atoms with Crippen molar-refractivity contribution in [1.82, 2.24) is 0 Å². The van der Waals surface area contributed by atoms with Crippen LogP contribution in [0.25, 0.3) is 0 Å². The molecule has 82 valence electrons. The Morgan fingerprint density at radius 3 is 2.27 bits per heavy atom. The summed E-state index contributed by atoms with van der Waals surface area (Å²) in [5.41, 5.74) is 0.649. The van der Waals surface area contributed by atoms with E-state index in [2.05, 4.69) is 38.8 Å². The normalized spacial score (nSPS) is 28.0. The lowest BCUT2D eigenvalue weighted by Crippen LogP contribution is -2.41. The predicted octanol–water partition coefficient (Wildman–Crippen LogP) is 2.02. The lowest BCUT2D eigenvalue weighted by atomic mass is 9.77. The van der Waals surface area contributed by atoms with Gasteiger partial charge in [-0.25, -0.2) is 0 Å². The number of hydrogen-bond donors (Lipinski definition) is 0. The molecule has 0 unspecified atom stereocenters. The Hall–Kier alpha value is -0.605. The van der Waals surface area contributed by atoms with E-state index in [1.54, 1.807) is 0 Å². The molecule has 0 saturated carbocycles. The smallest absolute Gasteiger partial charge is 0.400 e. The average Bonchev–Trinajstić information content (AvgIpc) is 2.38. The fraction of sp³-hybridized carbons (Fsp3) is 0.727. The van der Waals surface area contributed by atoms with Crippen LogP contribution < -0.4 is 0 Å². The van der Waals surface area contributed by atoms with Gasteiger partial charge in [0, 0.05) is 12.6 Å². The van der Waals surface area contributed by atoms with Crippen molar-refractivity contribution in [3.63, 3.8) is 0 Å². The van der Waals surface area contributed by atoms with Gasteiger partial charge >= 0.3 is 7.12 Å². The molecule has 1 saturated heterocycles. The molecule has 0 aromatic heterocycles. The molecular weight excluding hydrogens is 189 g/mol. The van der Waals surface area contributed by atoms with Crippen LogP contribution in [-0.2, 0) is 9.31 Å². The summed E-state index contributed by atoms with van der Waals surface area (Å²) in [6, 6.07) is 0. The molecule has 0 radical (unpaired) electrons. The first-order valence-corrected chi connectivity index (χ1v) is 5.45. The van der Waals surface area contributed by atoms with Crippen LogP contribution in [0.4, 0.5) is 0 Å². The van der Waals surface area contributed by atoms with Gasteiger partial charge in [0.2, 0.25) is 0 Å². The van der Waals surface area contributed by atoms with Crippen molar-refractivity contribution in [1.29, 1.82) is 0 Å². The van der Waals surface area contributed by atoms with Crippen molar-refractivity contribution in [3.8, 4) is 0 Å². The Morgan fingerprint density at radius 2 is 1.80 bits per heavy atom. The summed E-state index contributed by atoms with van der Waals surface area (Å²) in [7, 11) is -0.215. The largest absolute Gasteiger partial charge is 0.492 e. The van der Waals surface area contributed by atoms with E-state index in [4.69, 9.17) is 9.31 Å². The minimum Gasteiger partial charge on any atom is -0.400 e. The molecule has 2 heterocycles. The highest BCUT2D eigenvalue weighted by atomic mass is 16.7. The third-order valence-corrected chi connectivity index (χ3v) is 3.44. The quantitative estimate of drug-likeness (QED) is 0.616. The number of aliphatic imine (C=N–C) groups is 1. The Kier molecular flexibility index (Phi) is 2.51. The van der Waals surface area contributed by atoms with Gasteiger partial charge in [0.05, 0.1) is 17.7 Å². The molecule has 0 spiro atoms. The molecule has 0 N–H and O–H groups in total. The van der Waals surface area contributed by atoms with E-state index in [0.29, 0.717) is 6.54 Å². The number of nitrogens with zero attached hydrogens (tertiary/aromatic N) is 1. The van der Waals surface area contributed by atoms with E-state index in [1.165, 1.54) is 0 Å². The molecule has 1 fully saturated rings. The number of rotatable bonds is 1. The predicted molar refractivity (Wildman–Crippen MR) is 62.1 cm³/mol. The summed E-state index contributed by atoms with van der Waals surface area (Å²) in [5, 5.41) is 0. The van der Waals surface area contributed by atoms with Crippen LogP contribution in [0.2, 0.25) is 0 Å². The van der Waals surface area contributed by atoms with Crippen LogP contribution in [0.3, 0.4) is 0 Å². The van der Waals surface area contributed by atoms with Gasteiger partial charge in [0.25, 0.3) is 0 Å². The fourth-order valence-electron chi connectivity index (χ4n) is 1.68.